The summed E-state index contributed by atoms with van der Waals surface area (Å²) in [5.74, 6) is 0. The monoisotopic (exact) mass is 235 g/mol. The van der Waals surface area contributed by atoms with Crippen molar-refractivity contribution in [3.8, 4) is 0 Å². The number of ether oxygens (including phenoxy) is 1. The first-order valence-electron chi connectivity index (χ1n) is 5.90. The first kappa shape index (κ1) is 13.9. The lowest BCUT2D eigenvalue weighted by Crippen LogP contribution is -2.30. The van der Waals surface area contributed by atoms with E-state index in [1.165, 1.54) is 0 Å². The topological polar surface area (TPSA) is 41.5 Å². The lowest BCUT2D eigenvalue weighted by Gasteiger charge is -2.16. The number of hydrogen-bond donors (Lipinski definition) is 2. The third-order valence-corrected chi connectivity index (χ3v) is 2.48. The Labute approximate surface area is 103 Å². The van der Waals surface area contributed by atoms with E-state index in [-0.39, 0.29) is 6.10 Å². The molecule has 1 rings (SSSR count). The fourth-order valence-electron chi connectivity index (χ4n) is 1.49. The number of aliphatic hydroxyl groups is 1. The maximum atomic E-state index is 9.65. The molecule has 3 nitrogen and oxygen atoms in total. The van der Waals surface area contributed by atoms with Gasteiger partial charge in [0.15, 0.2) is 0 Å². The van der Waals surface area contributed by atoms with Gasteiger partial charge in [-0.2, -0.15) is 0 Å². The van der Waals surface area contributed by atoms with Crippen molar-refractivity contribution in [3.63, 3.8) is 0 Å². The second-order valence-electron chi connectivity index (χ2n) is 3.99. The largest absolute Gasteiger partial charge is 0.389 e. The molecule has 0 aliphatic carbocycles. The third-order valence-electron chi connectivity index (χ3n) is 2.48. The Bertz CT molecular complexity index is 313. The first-order valence-corrected chi connectivity index (χ1v) is 5.90. The van der Waals surface area contributed by atoms with E-state index in [1.54, 1.807) is 6.08 Å². The summed E-state index contributed by atoms with van der Waals surface area (Å²) in [6.45, 7) is 7.14. The van der Waals surface area contributed by atoms with Crippen LogP contribution in [0.3, 0.4) is 0 Å². The molecule has 3 heteroatoms. The van der Waals surface area contributed by atoms with Gasteiger partial charge in [0.1, 0.15) is 0 Å². The summed E-state index contributed by atoms with van der Waals surface area (Å²) >= 11 is 0. The highest BCUT2D eigenvalue weighted by Crippen LogP contribution is 2.15. The van der Waals surface area contributed by atoms with E-state index >= 15 is 0 Å². The van der Waals surface area contributed by atoms with E-state index in [2.05, 4.69) is 11.9 Å². The summed E-state index contributed by atoms with van der Waals surface area (Å²) in [6.07, 6.45) is 1.28. The average Bonchev–Trinajstić information content (AvgIpc) is 2.37. The quantitative estimate of drug-likeness (QED) is 0.534. The molecule has 2 atom stereocenters. The Balaban J connectivity index is 2.23. The van der Waals surface area contributed by atoms with Crippen LogP contribution in [-0.2, 0) is 4.74 Å². The second kappa shape index (κ2) is 8.01. The molecular weight excluding hydrogens is 214 g/mol. The summed E-state index contributed by atoms with van der Waals surface area (Å²) < 4.78 is 5.60. The van der Waals surface area contributed by atoms with Gasteiger partial charge in [-0.25, -0.2) is 0 Å². The number of aliphatic hydroxyl groups excluding tert-OH is 1. The van der Waals surface area contributed by atoms with Gasteiger partial charge in [-0.3, -0.25) is 0 Å². The van der Waals surface area contributed by atoms with Crippen LogP contribution in [0, 0.1) is 0 Å². The molecule has 0 heterocycles. The van der Waals surface area contributed by atoms with Crippen LogP contribution in [-0.4, -0.2) is 30.9 Å². The van der Waals surface area contributed by atoms with Crippen molar-refractivity contribution in [1.29, 1.82) is 0 Å². The zero-order valence-electron chi connectivity index (χ0n) is 10.3. The Hall–Kier alpha value is -1.16. The minimum Gasteiger partial charge on any atom is -0.389 e. The van der Waals surface area contributed by atoms with Gasteiger partial charge in [0.05, 0.1) is 18.8 Å². The van der Waals surface area contributed by atoms with Crippen molar-refractivity contribution in [2.45, 2.75) is 19.1 Å². The van der Waals surface area contributed by atoms with Gasteiger partial charge in [-0.1, -0.05) is 36.4 Å². The summed E-state index contributed by atoms with van der Waals surface area (Å²) in [5, 5.41) is 12.7. The molecule has 0 bridgehead atoms. The van der Waals surface area contributed by atoms with Crippen molar-refractivity contribution in [2.24, 2.45) is 0 Å². The molecule has 1 aromatic rings. The predicted molar refractivity (Wildman–Crippen MR) is 69.9 cm³/mol. The maximum Gasteiger partial charge on any atom is 0.0898 e. The minimum atomic E-state index is -0.485. The van der Waals surface area contributed by atoms with Gasteiger partial charge in [0.25, 0.3) is 0 Å². The second-order valence-corrected chi connectivity index (χ2v) is 3.99. The van der Waals surface area contributed by atoms with E-state index in [0.717, 1.165) is 5.56 Å². The molecule has 0 aliphatic rings. The van der Waals surface area contributed by atoms with Crippen LogP contribution in [0.5, 0.6) is 0 Å². The molecule has 0 saturated carbocycles. The summed E-state index contributed by atoms with van der Waals surface area (Å²) in [6, 6.07) is 9.98. The van der Waals surface area contributed by atoms with Gasteiger partial charge >= 0.3 is 0 Å². The maximum absolute atomic E-state index is 9.65. The Morgan fingerprint density at radius 3 is 2.76 bits per heavy atom. The Morgan fingerprint density at radius 2 is 2.12 bits per heavy atom. The standard InChI is InChI=1S/C14H21NO2/c1-3-9-15-10-14(16)11-17-12(2)13-7-5-4-6-8-13/h3-8,12,14-16H,1,9-11H2,2H3. The van der Waals surface area contributed by atoms with Crippen molar-refractivity contribution in [3.05, 3.63) is 48.6 Å². The molecular formula is C14H21NO2. The van der Waals surface area contributed by atoms with Gasteiger partial charge in [-0.15, -0.1) is 6.58 Å². The molecule has 0 spiro atoms. The van der Waals surface area contributed by atoms with Crippen LogP contribution in [0.1, 0.15) is 18.6 Å². The first-order chi connectivity index (χ1) is 8.24. The molecule has 0 aromatic heterocycles. The molecule has 17 heavy (non-hydrogen) atoms. The SMILES string of the molecule is C=CCNCC(O)COC(C)c1ccccc1. The third kappa shape index (κ3) is 5.63. The predicted octanol–water partition coefficient (Wildman–Crippen LogP) is 1.90. The fourth-order valence-corrected chi connectivity index (χ4v) is 1.49. The van der Waals surface area contributed by atoms with Gasteiger partial charge in [0.2, 0.25) is 0 Å². The van der Waals surface area contributed by atoms with E-state index in [9.17, 15) is 5.11 Å². The van der Waals surface area contributed by atoms with Crippen LogP contribution in [0.2, 0.25) is 0 Å². The molecule has 0 fully saturated rings. The molecule has 0 radical (unpaired) electrons. The van der Waals surface area contributed by atoms with Crippen molar-refractivity contribution in [1.82, 2.24) is 5.32 Å². The average molecular weight is 235 g/mol. The smallest absolute Gasteiger partial charge is 0.0898 e. The highest BCUT2D eigenvalue weighted by Gasteiger charge is 2.08. The molecule has 2 N–H and O–H groups in total. The van der Waals surface area contributed by atoms with Crippen LogP contribution in [0.25, 0.3) is 0 Å². The van der Waals surface area contributed by atoms with Crippen molar-refractivity contribution < 1.29 is 9.84 Å². The molecule has 0 amide bonds. The molecule has 0 aliphatic heterocycles. The zero-order chi connectivity index (χ0) is 12.5. The molecule has 94 valence electrons. The number of rotatable bonds is 8. The van der Waals surface area contributed by atoms with Crippen molar-refractivity contribution >= 4 is 0 Å². The van der Waals surface area contributed by atoms with Crippen molar-refractivity contribution in [2.75, 3.05) is 19.7 Å². The summed E-state index contributed by atoms with van der Waals surface area (Å²) in [7, 11) is 0. The molecule has 2 unspecified atom stereocenters. The van der Waals surface area contributed by atoms with E-state index < -0.39 is 6.10 Å². The van der Waals surface area contributed by atoms with Crippen LogP contribution >= 0.6 is 0 Å². The Morgan fingerprint density at radius 1 is 1.41 bits per heavy atom. The van der Waals surface area contributed by atoms with Gasteiger partial charge < -0.3 is 15.2 Å². The van der Waals surface area contributed by atoms with Crippen LogP contribution in [0.4, 0.5) is 0 Å². The molecule has 0 saturated heterocycles. The van der Waals surface area contributed by atoms with E-state index in [4.69, 9.17) is 4.74 Å². The van der Waals surface area contributed by atoms with Gasteiger partial charge in [-0.05, 0) is 12.5 Å². The lowest BCUT2D eigenvalue weighted by molar-refractivity contribution is -0.00170. The Kier molecular flexibility index (Phi) is 6.55. The lowest BCUT2D eigenvalue weighted by atomic mass is 10.1. The fraction of sp³-hybridized carbons (Fsp3) is 0.429. The van der Waals surface area contributed by atoms with E-state index in [1.807, 2.05) is 37.3 Å². The molecule has 1 aromatic carbocycles. The number of hydrogen-bond acceptors (Lipinski definition) is 3. The summed E-state index contributed by atoms with van der Waals surface area (Å²) in [5.41, 5.74) is 1.12. The summed E-state index contributed by atoms with van der Waals surface area (Å²) in [4.78, 5) is 0. The van der Waals surface area contributed by atoms with Gasteiger partial charge in [0, 0.05) is 13.1 Å². The van der Waals surface area contributed by atoms with Crippen LogP contribution < -0.4 is 5.32 Å². The highest BCUT2D eigenvalue weighted by atomic mass is 16.5. The number of nitrogens with one attached hydrogen (secondary N) is 1. The minimum absolute atomic E-state index is 0.00487. The van der Waals surface area contributed by atoms with E-state index in [0.29, 0.717) is 19.7 Å². The van der Waals surface area contributed by atoms with Crippen LogP contribution in [0.15, 0.2) is 43.0 Å². The highest BCUT2D eigenvalue weighted by molar-refractivity contribution is 5.16. The normalized spacial score (nSPS) is 14.2. The number of benzene rings is 1. The zero-order valence-corrected chi connectivity index (χ0v) is 10.3.